The molecule has 13 heavy (non-hydrogen) atoms. The Labute approximate surface area is 79.9 Å². The van der Waals surface area contributed by atoms with E-state index in [-0.39, 0.29) is 5.91 Å². The van der Waals surface area contributed by atoms with Gasteiger partial charge in [-0.25, -0.2) is 0 Å². The van der Waals surface area contributed by atoms with Crippen LogP contribution in [0.4, 0.5) is 5.95 Å². The second kappa shape index (κ2) is 4.13. The number of amides is 1. The average Bonchev–Trinajstić information content (AvgIpc) is 2.44. The number of carbonyl (C=O) groups excluding carboxylic acids is 1. The third kappa shape index (κ3) is 2.35. The lowest BCUT2D eigenvalue weighted by molar-refractivity contribution is -0.118. The maximum absolute atomic E-state index is 10.9. The van der Waals surface area contributed by atoms with Crippen molar-refractivity contribution in [3.05, 3.63) is 0 Å². The number of nitrogens with two attached hydrogens (primary N) is 1. The van der Waals surface area contributed by atoms with Crippen molar-refractivity contribution in [3.63, 3.8) is 0 Å². The smallest absolute Gasteiger partial charge is 0.230 e. The molecule has 1 aromatic heterocycles. The van der Waals surface area contributed by atoms with Crippen LogP contribution in [0.5, 0.6) is 0 Å². The molecule has 0 atom stereocenters. The molecule has 0 aliphatic heterocycles. The number of hydrogen-bond acceptors (Lipinski definition) is 5. The Morgan fingerprint density at radius 3 is 2.85 bits per heavy atom. The van der Waals surface area contributed by atoms with Crippen LogP contribution in [0, 0.1) is 0 Å². The summed E-state index contributed by atoms with van der Waals surface area (Å²) in [5, 5.41) is 10.6. The van der Waals surface area contributed by atoms with Crippen LogP contribution in [0.1, 0.15) is 0 Å². The van der Waals surface area contributed by atoms with Crippen LogP contribution in [0.2, 0.25) is 0 Å². The second-order valence-corrected chi connectivity index (χ2v) is 3.30. The number of thioether (sulfide) groups is 1. The topological polar surface area (TPSA) is 85.8 Å². The van der Waals surface area contributed by atoms with E-state index >= 15 is 0 Å². The number of rotatable bonds is 3. The maximum atomic E-state index is 10.9. The van der Waals surface area contributed by atoms with Crippen molar-refractivity contribution in [2.75, 3.05) is 18.5 Å². The van der Waals surface area contributed by atoms with Gasteiger partial charge in [0, 0.05) is 14.1 Å². The van der Waals surface area contributed by atoms with Crippen LogP contribution in [0.15, 0.2) is 5.16 Å². The second-order valence-electron chi connectivity index (χ2n) is 2.36. The summed E-state index contributed by atoms with van der Waals surface area (Å²) in [6, 6.07) is 0. The van der Waals surface area contributed by atoms with Crippen LogP contribution >= 0.6 is 11.8 Å². The fourth-order valence-electron chi connectivity index (χ4n) is 0.654. The van der Waals surface area contributed by atoms with Crippen LogP contribution in [-0.2, 0) is 11.8 Å². The van der Waals surface area contributed by atoms with Crippen LogP contribution in [0.25, 0.3) is 0 Å². The largest absolute Gasteiger partial charge is 0.368 e. The van der Waals surface area contributed by atoms with Gasteiger partial charge in [-0.15, -0.1) is 10.2 Å². The summed E-state index contributed by atoms with van der Waals surface area (Å²) in [4.78, 5) is 10.9. The van der Waals surface area contributed by atoms with E-state index in [1.54, 1.807) is 18.7 Å². The fraction of sp³-hybridized carbons (Fsp3) is 0.500. The first-order valence-corrected chi connectivity index (χ1v) is 4.62. The molecule has 1 rings (SSSR count). The minimum absolute atomic E-state index is 0.0495. The average molecular weight is 201 g/mol. The van der Waals surface area contributed by atoms with Crippen molar-refractivity contribution in [2.24, 2.45) is 7.05 Å². The molecule has 1 heterocycles. The lowest BCUT2D eigenvalue weighted by Gasteiger charge is -1.99. The van der Waals surface area contributed by atoms with Gasteiger partial charge in [0.25, 0.3) is 0 Å². The van der Waals surface area contributed by atoms with Crippen molar-refractivity contribution in [1.29, 1.82) is 0 Å². The molecule has 0 saturated carbocycles. The van der Waals surface area contributed by atoms with Gasteiger partial charge in [0.15, 0.2) is 5.16 Å². The zero-order chi connectivity index (χ0) is 9.84. The molecule has 0 aliphatic rings. The summed E-state index contributed by atoms with van der Waals surface area (Å²) in [6.07, 6.45) is 0. The Kier molecular flexibility index (Phi) is 3.13. The molecular weight excluding hydrogens is 190 g/mol. The third-order valence-electron chi connectivity index (χ3n) is 1.48. The Hall–Kier alpha value is -1.24. The molecule has 0 saturated heterocycles. The van der Waals surface area contributed by atoms with Gasteiger partial charge in [0.05, 0.1) is 5.75 Å². The molecule has 1 aromatic rings. The molecule has 0 aromatic carbocycles. The summed E-state index contributed by atoms with van der Waals surface area (Å²) >= 11 is 1.30. The molecule has 0 aliphatic carbocycles. The van der Waals surface area contributed by atoms with E-state index in [0.717, 1.165) is 0 Å². The normalized spacial score (nSPS) is 10.0. The monoisotopic (exact) mass is 201 g/mol. The van der Waals surface area contributed by atoms with Gasteiger partial charge in [0.2, 0.25) is 11.9 Å². The Morgan fingerprint density at radius 1 is 1.69 bits per heavy atom. The number of nitrogens with zero attached hydrogens (tertiary/aromatic N) is 3. The van der Waals surface area contributed by atoms with Crippen LogP contribution in [0.3, 0.4) is 0 Å². The third-order valence-corrected chi connectivity index (χ3v) is 2.50. The van der Waals surface area contributed by atoms with Gasteiger partial charge in [-0.2, -0.15) is 0 Å². The zero-order valence-corrected chi connectivity index (χ0v) is 8.26. The van der Waals surface area contributed by atoms with Gasteiger partial charge in [-0.1, -0.05) is 11.8 Å². The predicted octanol–water partition coefficient (Wildman–Crippen LogP) is -0.765. The van der Waals surface area contributed by atoms with Crippen LogP contribution < -0.4 is 11.1 Å². The standard InChI is InChI=1S/C6H11N5OS/c1-8-4(12)3-13-6-10-9-5(7)11(6)2/h3H2,1-2H3,(H2,7,9)(H,8,12). The molecule has 6 nitrogen and oxygen atoms in total. The number of carbonyl (C=O) groups is 1. The number of aromatic nitrogens is 3. The van der Waals surface area contributed by atoms with Crippen molar-refractivity contribution >= 4 is 23.6 Å². The van der Waals surface area contributed by atoms with Gasteiger partial charge in [-0.05, 0) is 0 Å². The molecule has 1 amide bonds. The van der Waals surface area contributed by atoms with E-state index in [0.29, 0.717) is 16.9 Å². The summed E-state index contributed by atoms with van der Waals surface area (Å²) in [7, 11) is 3.34. The van der Waals surface area contributed by atoms with Crippen molar-refractivity contribution in [3.8, 4) is 0 Å². The molecule has 7 heteroatoms. The molecule has 72 valence electrons. The minimum Gasteiger partial charge on any atom is -0.368 e. The minimum atomic E-state index is -0.0495. The molecule has 0 unspecified atom stereocenters. The van der Waals surface area contributed by atoms with E-state index in [1.807, 2.05) is 0 Å². The summed E-state index contributed by atoms with van der Waals surface area (Å²) in [5.74, 6) is 0.619. The summed E-state index contributed by atoms with van der Waals surface area (Å²) in [6.45, 7) is 0. The fourth-order valence-corrected chi connectivity index (χ4v) is 1.44. The zero-order valence-electron chi connectivity index (χ0n) is 7.44. The lowest BCUT2D eigenvalue weighted by Crippen LogP contribution is -2.20. The summed E-state index contributed by atoms with van der Waals surface area (Å²) < 4.78 is 1.63. The van der Waals surface area contributed by atoms with E-state index in [4.69, 9.17) is 5.73 Å². The summed E-state index contributed by atoms with van der Waals surface area (Å²) in [5.41, 5.74) is 5.45. The van der Waals surface area contributed by atoms with Crippen LogP contribution in [-0.4, -0.2) is 33.5 Å². The first-order chi connectivity index (χ1) is 6.15. The van der Waals surface area contributed by atoms with E-state index in [2.05, 4.69) is 15.5 Å². The molecular formula is C6H11N5OS. The molecule has 3 N–H and O–H groups in total. The Morgan fingerprint density at radius 2 is 2.38 bits per heavy atom. The quantitative estimate of drug-likeness (QED) is 0.627. The van der Waals surface area contributed by atoms with Crippen molar-refractivity contribution in [2.45, 2.75) is 5.16 Å². The Balaban J connectivity index is 2.55. The lowest BCUT2D eigenvalue weighted by atomic mass is 10.7. The predicted molar refractivity (Wildman–Crippen MR) is 50.2 cm³/mol. The Bertz CT molecular complexity index is 310. The first kappa shape index (κ1) is 9.85. The number of anilines is 1. The van der Waals surface area contributed by atoms with E-state index in [9.17, 15) is 4.79 Å². The van der Waals surface area contributed by atoms with Gasteiger partial charge in [0.1, 0.15) is 0 Å². The van der Waals surface area contributed by atoms with E-state index in [1.165, 1.54) is 11.8 Å². The number of nitrogens with one attached hydrogen (secondary N) is 1. The number of nitrogen functional groups attached to an aromatic ring is 1. The highest BCUT2D eigenvalue weighted by atomic mass is 32.2. The van der Waals surface area contributed by atoms with Crippen molar-refractivity contribution < 1.29 is 4.79 Å². The van der Waals surface area contributed by atoms with Gasteiger partial charge in [-0.3, -0.25) is 9.36 Å². The first-order valence-electron chi connectivity index (χ1n) is 3.63. The van der Waals surface area contributed by atoms with E-state index < -0.39 is 0 Å². The molecule has 0 radical (unpaired) electrons. The van der Waals surface area contributed by atoms with Crippen molar-refractivity contribution in [1.82, 2.24) is 20.1 Å². The van der Waals surface area contributed by atoms with Gasteiger partial charge >= 0.3 is 0 Å². The molecule has 0 fully saturated rings. The highest BCUT2D eigenvalue weighted by Crippen LogP contribution is 2.15. The SMILES string of the molecule is CNC(=O)CSc1nnc(N)n1C. The highest BCUT2D eigenvalue weighted by Gasteiger charge is 2.07. The molecule has 0 bridgehead atoms. The van der Waals surface area contributed by atoms with Gasteiger partial charge < -0.3 is 11.1 Å². The molecule has 0 spiro atoms. The highest BCUT2D eigenvalue weighted by molar-refractivity contribution is 7.99. The number of hydrogen-bond donors (Lipinski definition) is 2. The maximum Gasteiger partial charge on any atom is 0.230 e.